The molecule has 0 N–H and O–H groups in total. The highest BCUT2D eigenvalue weighted by atomic mass is 16.1. The molecule has 0 aromatic heterocycles. The Balaban J connectivity index is -0.0000000731. The monoisotopic (exact) mass is 260 g/mol. The highest BCUT2D eigenvalue weighted by molar-refractivity contribution is 5.75. The average Bonchev–Trinajstić information content (AvgIpc) is 2.16. The Labute approximate surface area is 111 Å². The van der Waals surface area contributed by atoms with Crippen LogP contribution in [-0.2, 0) is 19.2 Å². The maximum absolute atomic E-state index is 9.81. The summed E-state index contributed by atoms with van der Waals surface area (Å²) in [5, 5.41) is 0. The third-order valence-electron chi connectivity index (χ3n) is 0.996. The summed E-state index contributed by atoms with van der Waals surface area (Å²) in [5.41, 5.74) is 0. The van der Waals surface area contributed by atoms with Crippen LogP contribution in [0, 0.1) is 0 Å². The van der Waals surface area contributed by atoms with Gasteiger partial charge in [0.05, 0.1) is 0 Å². The van der Waals surface area contributed by atoms with Gasteiger partial charge in [-0.1, -0.05) is 13.8 Å². The van der Waals surface area contributed by atoms with Crippen LogP contribution in [0.1, 0.15) is 68.2 Å². The van der Waals surface area contributed by atoms with Crippen LogP contribution in [0.15, 0.2) is 0 Å². The van der Waals surface area contributed by atoms with Crippen molar-refractivity contribution in [1.29, 1.82) is 0 Å². The van der Waals surface area contributed by atoms with E-state index in [4.69, 9.17) is 0 Å². The van der Waals surface area contributed by atoms with Crippen LogP contribution in [0.3, 0.4) is 0 Å². The number of ketones is 4. The van der Waals surface area contributed by atoms with Crippen LogP contribution in [0.5, 0.6) is 0 Å². The van der Waals surface area contributed by atoms with Crippen LogP contribution >= 0.6 is 0 Å². The SMILES string of the molecule is CC(C)=O.CC(C)=O.CCC(C)=O.CCC(C)=O. The molecule has 0 unspecified atom stereocenters. The lowest BCUT2D eigenvalue weighted by Crippen LogP contribution is -1.80. The van der Waals surface area contributed by atoms with Crippen molar-refractivity contribution in [2.75, 3.05) is 0 Å². The number of Topliss-reactive ketones (excluding diaryl/α,β-unsaturated/α-hetero) is 4. The van der Waals surface area contributed by atoms with Gasteiger partial charge in [-0.05, 0) is 41.5 Å². The minimum absolute atomic E-state index is 0.167. The maximum Gasteiger partial charge on any atom is 0.129 e. The van der Waals surface area contributed by atoms with Crippen molar-refractivity contribution < 1.29 is 19.2 Å². The Kier molecular flexibility index (Phi) is 29.8. The summed E-state index contributed by atoms with van der Waals surface area (Å²) in [6, 6.07) is 0. The second-order valence-electron chi connectivity index (χ2n) is 3.93. The maximum atomic E-state index is 9.81. The highest BCUT2D eigenvalue weighted by Crippen LogP contribution is 1.72. The minimum Gasteiger partial charge on any atom is -0.300 e. The van der Waals surface area contributed by atoms with Gasteiger partial charge in [0.2, 0.25) is 0 Å². The van der Waals surface area contributed by atoms with Gasteiger partial charge < -0.3 is 19.2 Å². The van der Waals surface area contributed by atoms with Crippen molar-refractivity contribution in [1.82, 2.24) is 0 Å². The van der Waals surface area contributed by atoms with E-state index >= 15 is 0 Å². The summed E-state index contributed by atoms with van der Waals surface area (Å²) >= 11 is 0. The molecule has 0 spiro atoms. The molecule has 108 valence electrons. The zero-order valence-corrected chi connectivity index (χ0v) is 13.0. The first-order valence-corrected chi connectivity index (χ1v) is 5.94. The van der Waals surface area contributed by atoms with Crippen molar-refractivity contribution in [2.45, 2.75) is 68.2 Å². The molecular formula is C14H28O4. The van der Waals surface area contributed by atoms with Crippen molar-refractivity contribution in [3.8, 4) is 0 Å². The number of hydrogen-bond acceptors (Lipinski definition) is 4. The van der Waals surface area contributed by atoms with Crippen molar-refractivity contribution in [2.24, 2.45) is 0 Å². The standard InChI is InChI=1S/2C4H8O.2C3H6O/c2*1-3-4(2)5;2*1-3(2)4/h2*3H2,1-2H3;2*1-2H3. The van der Waals surface area contributed by atoms with E-state index in [1.165, 1.54) is 27.7 Å². The molecule has 0 radical (unpaired) electrons. The van der Waals surface area contributed by atoms with Gasteiger partial charge in [-0.3, -0.25) is 0 Å². The molecular weight excluding hydrogens is 232 g/mol. The van der Waals surface area contributed by atoms with Gasteiger partial charge in [-0.2, -0.15) is 0 Å². The number of carbonyl (C=O) groups is 4. The quantitative estimate of drug-likeness (QED) is 0.764. The van der Waals surface area contributed by atoms with Gasteiger partial charge in [-0.15, -0.1) is 0 Å². The van der Waals surface area contributed by atoms with E-state index in [1.807, 2.05) is 13.8 Å². The second-order valence-corrected chi connectivity index (χ2v) is 3.93. The van der Waals surface area contributed by atoms with Gasteiger partial charge in [0.15, 0.2) is 0 Å². The Morgan fingerprint density at radius 2 is 0.611 bits per heavy atom. The molecule has 0 aliphatic rings. The molecule has 0 aliphatic heterocycles. The first-order chi connectivity index (χ1) is 8.00. The lowest BCUT2D eigenvalue weighted by molar-refractivity contribution is -0.117. The summed E-state index contributed by atoms with van der Waals surface area (Å²) in [7, 11) is 0. The fourth-order valence-corrected chi connectivity index (χ4v) is 0. The Morgan fingerprint density at radius 1 is 0.556 bits per heavy atom. The molecule has 0 atom stereocenters. The summed E-state index contributed by atoms with van der Waals surface area (Å²) in [6.07, 6.45) is 1.33. The van der Waals surface area contributed by atoms with Gasteiger partial charge >= 0.3 is 0 Å². The first-order valence-electron chi connectivity index (χ1n) is 5.94. The van der Waals surface area contributed by atoms with Crippen molar-refractivity contribution in [3.05, 3.63) is 0 Å². The minimum atomic E-state index is 0.167. The van der Waals surface area contributed by atoms with E-state index in [2.05, 4.69) is 0 Å². The van der Waals surface area contributed by atoms with Crippen molar-refractivity contribution in [3.63, 3.8) is 0 Å². The molecule has 0 heterocycles. The van der Waals surface area contributed by atoms with Crippen LogP contribution in [-0.4, -0.2) is 23.1 Å². The fraction of sp³-hybridized carbons (Fsp3) is 0.714. The van der Waals surface area contributed by atoms with E-state index in [-0.39, 0.29) is 23.1 Å². The molecule has 0 amide bonds. The number of carbonyl (C=O) groups excluding carboxylic acids is 4. The van der Waals surface area contributed by atoms with Gasteiger partial charge in [0, 0.05) is 12.8 Å². The molecule has 4 heteroatoms. The zero-order chi connectivity index (χ0) is 15.7. The molecule has 0 aromatic carbocycles. The zero-order valence-electron chi connectivity index (χ0n) is 13.0. The third-order valence-corrected chi connectivity index (χ3v) is 0.996. The first kappa shape index (κ1) is 25.5. The lowest BCUT2D eigenvalue weighted by atomic mass is 10.4. The molecule has 4 nitrogen and oxygen atoms in total. The fourth-order valence-electron chi connectivity index (χ4n) is 0. The Hall–Kier alpha value is -1.32. The predicted molar refractivity (Wildman–Crippen MR) is 74.7 cm³/mol. The van der Waals surface area contributed by atoms with E-state index in [0.717, 1.165) is 0 Å². The summed E-state index contributed by atoms with van der Waals surface area (Å²) in [6.45, 7) is 13.0. The molecule has 0 aromatic rings. The van der Waals surface area contributed by atoms with E-state index in [0.29, 0.717) is 12.8 Å². The third kappa shape index (κ3) is 382. The molecule has 0 saturated carbocycles. The summed E-state index contributed by atoms with van der Waals surface area (Å²) in [5.74, 6) is 0.843. The molecule has 0 fully saturated rings. The average molecular weight is 260 g/mol. The van der Waals surface area contributed by atoms with Crippen LogP contribution in [0.2, 0.25) is 0 Å². The van der Waals surface area contributed by atoms with Gasteiger partial charge in [0.1, 0.15) is 23.1 Å². The smallest absolute Gasteiger partial charge is 0.129 e. The molecule has 18 heavy (non-hydrogen) atoms. The second kappa shape index (κ2) is 21.0. The highest BCUT2D eigenvalue weighted by Gasteiger charge is 1.77. The van der Waals surface area contributed by atoms with Crippen molar-refractivity contribution >= 4 is 23.1 Å². The normalized spacial score (nSPS) is 7.11. The molecule has 0 saturated heterocycles. The van der Waals surface area contributed by atoms with E-state index < -0.39 is 0 Å². The topological polar surface area (TPSA) is 68.3 Å². The predicted octanol–water partition coefficient (Wildman–Crippen LogP) is 3.16. The molecule has 0 rings (SSSR count). The lowest BCUT2D eigenvalue weighted by Gasteiger charge is -1.71. The van der Waals surface area contributed by atoms with Gasteiger partial charge in [-0.25, -0.2) is 0 Å². The Morgan fingerprint density at radius 3 is 0.611 bits per heavy atom. The van der Waals surface area contributed by atoms with Crippen LogP contribution in [0.4, 0.5) is 0 Å². The van der Waals surface area contributed by atoms with Crippen LogP contribution < -0.4 is 0 Å². The number of rotatable bonds is 2. The van der Waals surface area contributed by atoms with Gasteiger partial charge in [0.25, 0.3) is 0 Å². The molecule has 0 bridgehead atoms. The molecule has 0 aliphatic carbocycles. The van der Waals surface area contributed by atoms with Crippen LogP contribution in [0.25, 0.3) is 0 Å². The summed E-state index contributed by atoms with van der Waals surface area (Å²) in [4.78, 5) is 38.5. The summed E-state index contributed by atoms with van der Waals surface area (Å²) < 4.78 is 0. The largest absolute Gasteiger partial charge is 0.300 e. The Bertz CT molecular complexity index is 208. The van der Waals surface area contributed by atoms with E-state index in [1.54, 1.807) is 13.8 Å². The van der Waals surface area contributed by atoms with E-state index in [9.17, 15) is 19.2 Å². The number of hydrogen-bond donors (Lipinski definition) is 0.